The van der Waals surface area contributed by atoms with Gasteiger partial charge in [-0.1, -0.05) is 45.7 Å². The third-order valence-electron chi connectivity index (χ3n) is 4.28. The smallest absolute Gasteiger partial charge is 0.243 e. The summed E-state index contributed by atoms with van der Waals surface area (Å²) >= 11 is 9.42. The molecule has 0 aromatic heterocycles. The van der Waals surface area contributed by atoms with Gasteiger partial charge in [0.05, 0.1) is 17.1 Å². The van der Waals surface area contributed by atoms with Gasteiger partial charge in [-0.2, -0.15) is 4.31 Å². The summed E-state index contributed by atoms with van der Waals surface area (Å²) in [6, 6.07) is 15.2. The summed E-state index contributed by atoms with van der Waals surface area (Å²) in [5.41, 5.74) is 0.232. The lowest BCUT2D eigenvalue weighted by Gasteiger charge is -2.22. The molecule has 0 fully saturated rings. The van der Waals surface area contributed by atoms with E-state index in [9.17, 15) is 22.0 Å². The molecular weight excluding hydrogens is 514 g/mol. The fourth-order valence-corrected chi connectivity index (χ4v) is 4.57. The van der Waals surface area contributed by atoms with Crippen LogP contribution in [0.1, 0.15) is 5.56 Å². The van der Waals surface area contributed by atoms with Gasteiger partial charge < -0.3 is 5.32 Å². The molecule has 3 aromatic rings. The fraction of sp³-hybridized carbons (Fsp3) is 0.0952. The van der Waals surface area contributed by atoms with Crippen LogP contribution >= 0.6 is 27.5 Å². The molecule has 0 atom stereocenters. The Kier molecular flexibility index (Phi) is 7.42. The molecular formula is C21H16BrClF2N2O3S. The summed E-state index contributed by atoms with van der Waals surface area (Å²) < 4.78 is 55.0. The van der Waals surface area contributed by atoms with Gasteiger partial charge in [0.2, 0.25) is 15.9 Å². The van der Waals surface area contributed by atoms with E-state index >= 15 is 0 Å². The highest BCUT2D eigenvalue weighted by Gasteiger charge is 2.28. The number of hydrogen-bond acceptors (Lipinski definition) is 3. The van der Waals surface area contributed by atoms with Crippen molar-refractivity contribution in [2.45, 2.75) is 11.4 Å². The minimum atomic E-state index is -4.10. The van der Waals surface area contributed by atoms with Gasteiger partial charge >= 0.3 is 0 Å². The molecule has 0 spiro atoms. The Morgan fingerprint density at radius 2 is 1.71 bits per heavy atom. The summed E-state index contributed by atoms with van der Waals surface area (Å²) in [5.74, 6) is -2.56. The number of hydrogen-bond donors (Lipinski definition) is 1. The molecule has 0 saturated carbocycles. The van der Waals surface area contributed by atoms with E-state index in [2.05, 4.69) is 21.2 Å². The third kappa shape index (κ3) is 5.88. The van der Waals surface area contributed by atoms with E-state index in [4.69, 9.17) is 11.6 Å². The number of anilines is 1. The summed E-state index contributed by atoms with van der Waals surface area (Å²) in [6.07, 6.45) is 0. The molecule has 0 heterocycles. The molecule has 31 heavy (non-hydrogen) atoms. The molecule has 5 nitrogen and oxygen atoms in total. The number of nitrogens with one attached hydrogen (secondary N) is 1. The van der Waals surface area contributed by atoms with E-state index in [0.29, 0.717) is 21.1 Å². The molecule has 0 saturated heterocycles. The van der Waals surface area contributed by atoms with Gasteiger partial charge in [0.15, 0.2) is 0 Å². The second kappa shape index (κ2) is 9.86. The normalized spacial score (nSPS) is 11.5. The molecule has 0 radical (unpaired) electrons. The van der Waals surface area contributed by atoms with Crippen LogP contribution in [0.2, 0.25) is 5.02 Å². The van der Waals surface area contributed by atoms with Gasteiger partial charge in [-0.3, -0.25) is 4.79 Å². The number of halogens is 4. The Balaban J connectivity index is 1.90. The van der Waals surface area contributed by atoms with Crippen LogP contribution in [-0.2, 0) is 21.4 Å². The van der Waals surface area contributed by atoms with Crippen molar-refractivity contribution in [3.8, 4) is 0 Å². The molecule has 0 unspecified atom stereocenters. The van der Waals surface area contributed by atoms with Crippen LogP contribution in [-0.4, -0.2) is 25.2 Å². The van der Waals surface area contributed by atoms with Crippen molar-refractivity contribution in [2.75, 3.05) is 11.9 Å². The van der Waals surface area contributed by atoms with Crippen LogP contribution in [0.4, 0.5) is 14.5 Å². The average Bonchev–Trinajstić information content (AvgIpc) is 2.71. The standard InChI is InChI=1S/C21H16BrClF2N2O3S/c22-15-5-8-17(9-6-15)31(29,30)27(12-14-3-1-2-4-18(14)23)13-21(28)26-20-10-7-16(24)11-19(20)25/h1-11H,12-13H2,(H,26,28). The second-order valence-electron chi connectivity index (χ2n) is 6.49. The van der Waals surface area contributed by atoms with Crippen LogP contribution in [0.15, 0.2) is 76.1 Å². The van der Waals surface area contributed by atoms with Gasteiger partial charge in [-0.15, -0.1) is 0 Å². The zero-order chi connectivity index (χ0) is 22.6. The third-order valence-corrected chi connectivity index (χ3v) is 6.98. The quantitative estimate of drug-likeness (QED) is 0.457. The lowest BCUT2D eigenvalue weighted by molar-refractivity contribution is -0.116. The number of nitrogens with zero attached hydrogens (tertiary/aromatic N) is 1. The zero-order valence-electron chi connectivity index (χ0n) is 15.9. The fourth-order valence-electron chi connectivity index (χ4n) is 2.74. The first-order chi connectivity index (χ1) is 14.7. The highest BCUT2D eigenvalue weighted by molar-refractivity contribution is 9.10. The molecule has 162 valence electrons. The minimum absolute atomic E-state index is 0.0245. The van der Waals surface area contributed by atoms with Crippen molar-refractivity contribution in [1.82, 2.24) is 4.31 Å². The lowest BCUT2D eigenvalue weighted by atomic mass is 10.2. The van der Waals surface area contributed by atoms with E-state index in [1.807, 2.05) is 0 Å². The average molecular weight is 530 g/mol. The number of sulfonamides is 1. The lowest BCUT2D eigenvalue weighted by Crippen LogP contribution is -2.37. The molecule has 0 aliphatic carbocycles. The maximum atomic E-state index is 13.9. The van der Waals surface area contributed by atoms with Crippen molar-refractivity contribution in [1.29, 1.82) is 0 Å². The number of carbonyl (C=O) groups is 1. The van der Waals surface area contributed by atoms with Crippen molar-refractivity contribution >= 4 is 49.1 Å². The minimum Gasteiger partial charge on any atom is -0.322 e. The number of amides is 1. The Labute approximate surface area is 191 Å². The van der Waals surface area contributed by atoms with E-state index in [1.165, 1.54) is 12.1 Å². The predicted octanol–water partition coefficient (Wildman–Crippen LogP) is 5.21. The monoisotopic (exact) mass is 528 g/mol. The van der Waals surface area contributed by atoms with E-state index in [-0.39, 0.29) is 17.1 Å². The van der Waals surface area contributed by atoms with Crippen LogP contribution in [0.25, 0.3) is 0 Å². The molecule has 0 bridgehead atoms. The van der Waals surface area contributed by atoms with Gasteiger partial charge in [-0.25, -0.2) is 17.2 Å². The second-order valence-corrected chi connectivity index (χ2v) is 9.75. The van der Waals surface area contributed by atoms with Crippen LogP contribution in [0, 0.1) is 11.6 Å². The van der Waals surface area contributed by atoms with Gasteiger partial charge in [0.25, 0.3) is 0 Å². The summed E-state index contributed by atoms with van der Waals surface area (Å²) in [7, 11) is -4.10. The Bertz CT molecular complexity index is 1210. The molecule has 0 aliphatic rings. The number of rotatable bonds is 7. The van der Waals surface area contributed by atoms with Gasteiger partial charge in [0.1, 0.15) is 11.6 Å². The van der Waals surface area contributed by atoms with Crippen LogP contribution < -0.4 is 5.32 Å². The van der Waals surface area contributed by atoms with Crippen LogP contribution in [0.5, 0.6) is 0 Å². The maximum Gasteiger partial charge on any atom is 0.243 e. The van der Waals surface area contributed by atoms with Crippen LogP contribution in [0.3, 0.4) is 0 Å². The number of carbonyl (C=O) groups excluding carboxylic acids is 1. The summed E-state index contributed by atoms with van der Waals surface area (Å²) in [5, 5.41) is 2.61. The molecule has 3 aromatic carbocycles. The molecule has 10 heteroatoms. The SMILES string of the molecule is O=C(CN(Cc1ccccc1Cl)S(=O)(=O)c1ccc(Br)cc1)Nc1ccc(F)cc1F. The van der Waals surface area contributed by atoms with Crippen molar-refractivity contribution < 1.29 is 22.0 Å². The van der Waals surface area contributed by atoms with Crippen molar-refractivity contribution in [2.24, 2.45) is 0 Å². The number of benzene rings is 3. The molecule has 0 aliphatic heterocycles. The molecule has 1 N–H and O–H groups in total. The van der Waals surface area contributed by atoms with E-state index in [1.54, 1.807) is 36.4 Å². The van der Waals surface area contributed by atoms with Gasteiger partial charge in [-0.05, 0) is 48.0 Å². The van der Waals surface area contributed by atoms with Crippen molar-refractivity contribution in [3.05, 3.63) is 93.4 Å². The van der Waals surface area contributed by atoms with Gasteiger partial charge in [0, 0.05) is 22.1 Å². The van der Waals surface area contributed by atoms with Crippen molar-refractivity contribution in [3.63, 3.8) is 0 Å². The Hall–Kier alpha value is -2.33. The summed E-state index contributed by atoms with van der Waals surface area (Å²) in [6.45, 7) is -0.794. The predicted molar refractivity (Wildman–Crippen MR) is 118 cm³/mol. The van der Waals surface area contributed by atoms with E-state index < -0.39 is 34.1 Å². The zero-order valence-corrected chi connectivity index (χ0v) is 19.0. The summed E-state index contributed by atoms with van der Waals surface area (Å²) in [4.78, 5) is 12.5. The highest BCUT2D eigenvalue weighted by Crippen LogP contribution is 2.24. The largest absolute Gasteiger partial charge is 0.322 e. The highest BCUT2D eigenvalue weighted by atomic mass is 79.9. The first kappa shape index (κ1) is 23.3. The molecule has 3 rings (SSSR count). The topological polar surface area (TPSA) is 66.5 Å². The first-order valence-electron chi connectivity index (χ1n) is 8.91. The maximum absolute atomic E-state index is 13.9. The first-order valence-corrected chi connectivity index (χ1v) is 11.5. The Morgan fingerprint density at radius 3 is 2.35 bits per heavy atom. The molecule has 1 amide bonds. The van der Waals surface area contributed by atoms with E-state index in [0.717, 1.165) is 16.4 Å². The Morgan fingerprint density at radius 1 is 1.03 bits per heavy atom.